The molecule has 2 rings (SSSR count). The van der Waals surface area contributed by atoms with Gasteiger partial charge in [-0.15, -0.1) is 0 Å². The number of hydrogen-bond donors (Lipinski definition) is 0. The highest BCUT2D eigenvalue weighted by molar-refractivity contribution is 5.97. The molecule has 7 heteroatoms. The first-order chi connectivity index (χ1) is 9.58. The smallest absolute Gasteiger partial charge is 0.270 e. The fourth-order valence-electron chi connectivity index (χ4n) is 1.58. The van der Waals surface area contributed by atoms with Crippen molar-refractivity contribution in [1.29, 1.82) is 0 Å². The molecule has 0 radical (unpaired) electrons. The summed E-state index contributed by atoms with van der Waals surface area (Å²) < 4.78 is 5.45. The van der Waals surface area contributed by atoms with Crippen molar-refractivity contribution < 1.29 is 14.5 Å². The number of ether oxygens (including phenoxy) is 1. The van der Waals surface area contributed by atoms with Gasteiger partial charge in [0, 0.05) is 24.5 Å². The second-order valence-corrected chi connectivity index (χ2v) is 3.95. The number of carbonyl (C=O) groups is 1. The third-order valence-corrected chi connectivity index (χ3v) is 2.53. The number of nitro benzene ring substituents is 1. The molecule has 0 amide bonds. The molecule has 0 spiro atoms. The molecule has 0 saturated heterocycles. The van der Waals surface area contributed by atoms with Gasteiger partial charge < -0.3 is 4.74 Å². The third-order valence-electron chi connectivity index (χ3n) is 2.53. The molecule has 0 fully saturated rings. The molecule has 0 saturated carbocycles. The molecular formula is C13H11N3O4. The minimum absolute atomic E-state index is 0.0823. The summed E-state index contributed by atoms with van der Waals surface area (Å²) in [6.07, 6.45) is 3.15. The molecule has 0 atom stereocenters. The minimum Gasteiger partial charge on any atom is -0.485 e. The second-order valence-electron chi connectivity index (χ2n) is 3.95. The molecular weight excluding hydrogens is 262 g/mol. The quantitative estimate of drug-likeness (QED) is 0.470. The van der Waals surface area contributed by atoms with Crippen molar-refractivity contribution in [2.45, 2.75) is 13.5 Å². The van der Waals surface area contributed by atoms with Gasteiger partial charge in [0.1, 0.15) is 12.4 Å². The van der Waals surface area contributed by atoms with E-state index in [4.69, 9.17) is 4.74 Å². The number of rotatable bonds is 5. The fourth-order valence-corrected chi connectivity index (χ4v) is 1.58. The van der Waals surface area contributed by atoms with Gasteiger partial charge in [-0.25, -0.2) is 9.97 Å². The van der Waals surface area contributed by atoms with E-state index < -0.39 is 4.92 Å². The summed E-state index contributed by atoms with van der Waals surface area (Å²) in [7, 11) is 0. The molecule has 1 aromatic heterocycles. The Balaban J connectivity index is 2.23. The highest BCUT2D eigenvalue weighted by Gasteiger charge is 2.15. The van der Waals surface area contributed by atoms with Crippen LogP contribution >= 0.6 is 0 Å². The standard InChI is InChI=1S/C13H11N3O4/c1-9(17)11-7-10(16(18)19)3-4-12(11)20-8-13-14-5-2-6-15-13/h2-7H,8H2,1H3. The molecule has 20 heavy (non-hydrogen) atoms. The lowest BCUT2D eigenvalue weighted by molar-refractivity contribution is -0.384. The van der Waals surface area contributed by atoms with Crippen molar-refractivity contribution in [3.63, 3.8) is 0 Å². The topological polar surface area (TPSA) is 95.2 Å². The monoisotopic (exact) mass is 273 g/mol. The zero-order valence-corrected chi connectivity index (χ0v) is 10.6. The number of hydrogen-bond acceptors (Lipinski definition) is 6. The molecule has 1 heterocycles. The lowest BCUT2D eigenvalue weighted by Crippen LogP contribution is -2.05. The van der Waals surface area contributed by atoms with Gasteiger partial charge in [-0.1, -0.05) is 0 Å². The van der Waals surface area contributed by atoms with Gasteiger partial charge in [0.25, 0.3) is 5.69 Å². The normalized spacial score (nSPS) is 10.1. The van der Waals surface area contributed by atoms with E-state index in [0.29, 0.717) is 5.82 Å². The van der Waals surface area contributed by atoms with E-state index in [1.165, 1.54) is 25.1 Å². The third kappa shape index (κ3) is 3.14. The first kappa shape index (κ1) is 13.6. The molecule has 0 unspecified atom stereocenters. The van der Waals surface area contributed by atoms with Crippen molar-refractivity contribution in [1.82, 2.24) is 9.97 Å². The molecule has 2 aromatic rings. The summed E-state index contributed by atoms with van der Waals surface area (Å²) in [5, 5.41) is 10.7. The van der Waals surface area contributed by atoms with Crippen LogP contribution in [0, 0.1) is 10.1 Å². The van der Waals surface area contributed by atoms with Crippen molar-refractivity contribution in [2.75, 3.05) is 0 Å². The number of carbonyl (C=O) groups excluding carboxylic acids is 1. The van der Waals surface area contributed by atoms with E-state index in [-0.39, 0.29) is 29.4 Å². The molecule has 0 bridgehead atoms. The second kappa shape index (κ2) is 5.87. The van der Waals surface area contributed by atoms with Crippen molar-refractivity contribution in [3.05, 3.63) is 58.2 Å². The first-order valence-corrected chi connectivity index (χ1v) is 5.76. The number of aromatic nitrogens is 2. The SMILES string of the molecule is CC(=O)c1cc([N+](=O)[O-])ccc1OCc1ncccn1. The van der Waals surface area contributed by atoms with Gasteiger partial charge in [-0.2, -0.15) is 0 Å². The maximum Gasteiger partial charge on any atom is 0.270 e. The van der Waals surface area contributed by atoms with Gasteiger partial charge >= 0.3 is 0 Å². The van der Waals surface area contributed by atoms with Crippen LogP contribution < -0.4 is 4.74 Å². The highest BCUT2D eigenvalue weighted by Crippen LogP contribution is 2.25. The number of nitro groups is 1. The van der Waals surface area contributed by atoms with Gasteiger partial charge in [-0.3, -0.25) is 14.9 Å². The number of nitrogens with zero attached hydrogens (tertiary/aromatic N) is 3. The van der Waals surface area contributed by atoms with E-state index in [2.05, 4.69) is 9.97 Å². The Labute approximate surface area is 114 Å². The van der Waals surface area contributed by atoms with Crippen LogP contribution in [-0.4, -0.2) is 20.7 Å². The summed E-state index contributed by atoms with van der Waals surface area (Å²) >= 11 is 0. The summed E-state index contributed by atoms with van der Waals surface area (Å²) in [6.45, 7) is 1.41. The van der Waals surface area contributed by atoms with E-state index >= 15 is 0 Å². The number of benzene rings is 1. The van der Waals surface area contributed by atoms with Gasteiger partial charge in [0.2, 0.25) is 0 Å². The Morgan fingerprint density at radius 3 is 2.65 bits per heavy atom. The Hall–Kier alpha value is -2.83. The highest BCUT2D eigenvalue weighted by atomic mass is 16.6. The minimum atomic E-state index is -0.559. The van der Waals surface area contributed by atoms with Gasteiger partial charge in [-0.05, 0) is 19.1 Å². The Morgan fingerprint density at radius 2 is 2.05 bits per heavy atom. The molecule has 0 N–H and O–H groups in total. The van der Waals surface area contributed by atoms with Crippen LogP contribution in [0.1, 0.15) is 23.1 Å². The predicted molar refractivity (Wildman–Crippen MR) is 69.5 cm³/mol. The average Bonchev–Trinajstić information content (AvgIpc) is 2.45. The van der Waals surface area contributed by atoms with Crippen LogP contribution in [0.15, 0.2) is 36.7 Å². The van der Waals surface area contributed by atoms with Gasteiger partial charge in [0.05, 0.1) is 10.5 Å². The maximum absolute atomic E-state index is 11.5. The van der Waals surface area contributed by atoms with Crippen LogP contribution in [0.3, 0.4) is 0 Å². The Morgan fingerprint density at radius 1 is 1.35 bits per heavy atom. The summed E-state index contributed by atoms with van der Waals surface area (Å²) in [4.78, 5) is 29.6. The van der Waals surface area contributed by atoms with E-state index in [1.807, 2.05) is 0 Å². The summed E-state index contributed by atoms with van der Waals surface area (Å²) in [6, 6.07) is 5.56. The van der Waals surface area contributed by atoms with Crippen LogP contribution in [-0.2, 0) is 6.61 Å². The van der Waals surface area contributed by atoms with Crippen LogP contribution in [0.25, 0.3) is 0 Å². The van der Waals surface area contributed by atoms with Crippen LogP contribution in [0.4, 0.5) is 5.69 Å². The fraction of sp³-hybridized carbons (Fsp3) is 0.154. The molecule has 102 valence electrons. The Kier molecular flexibility index (Phi) is 3.99. The van der Waals surface area contributed by atoms with Gasteiger partial charge in [0.15, 0.2) is 11.6 Å². The Bertz CT molecular complexity index is 643. The van der Waals surface area contributed by atoms with Crippen LogP contribution in [0.5, 0.6) is 5.75 Å². The van der Waals surface area contributed by atoms with E-state index in [1.54, 1.807) is 18.5 Å². The number of Topliss-reactive ketones (excluding diaryl/α,β-unsaturated/α-hetero) is 1. The maximum atomic E-state index is 11.5. The summed E-state index contributed by atoms with van der Waals surface area (Å²) in [5.41, 5.74) is 0.00800. The lowest BCUT2D eigenvalue weighted by atomic mass is 10.1. The lowest BCUT2D eigenvalue weighted by Gasteiger charge is -2.08. The van der Waals surface area contributed by atoms with E-state index in [0.717, 1.165) is 0 Å². The molecule has 7 nitrogen and oxygen atoms in total. The van der Waals surface area contributed by atoms with Crippen molar-refractivity contribution in [2.24, 2.45) is 0 Å². The largest absolute Gasteiger partial charge is 0.485 e. The predicted octanol–water partition coefficient (Wildman–Crippen LogP) is 2.17. The number of ketones is 1. The molecule has 1 aromatic carbocycles. The van der Waals surface area contributed by atoms with Crippen molar-refractivity contribution >= 4 is 11.5 Å². The van der Waals surface area contributed by atoms with E-state index in [9.17, 15) is 14.9 Å². The van der Waals surface area contributed by atoms with Crippen LogP contribution in [0.2, 0.25) is 0 Å². The first-order valence-electron chi connectivity index (χ1n) is 5.76. The molecule has 0 aliphatic heterocycles. The zero-order chi connectivity index (χ0) is 14.5. The van der Waals surface area contributed by atoms with Crippen molar-refractivity contribution in [3.8, 4) is 5.75 Å². The zero-order valence-electron chi connectivity index (χ0n) is 10.6. The number of non-ortho nitro benzene ring substituents is 1. The molecule has 0 aliphatic rings. The average molecular weight is 273 g/mol. The molecule has 0 aliphatic carbocycles. The summed E-state index contributed by atoms with van der Waals surface area (Å²) in [5.74, 6) is 0.425.